The summed E-state index contributed by atoms with van der Waals surface area (Å²) in [6, 6.07) is 13.9. The van der Waals surface area contributed by atoms with Crippen LogP contribution in [0.15, 0.2) is 53.4 Å². The molecule has 1 aliphatic heterocycles. The number of nitrogens with zero attached hydrogens (tertiary/aromatic N) is 4. The van der Waals surface area contributed by atoms with Gasteiger partial charge in [0.25, 0.3) is 5.91 Å². The Morgan fingerprint density at radius 3 is 2.54 bits per heavy atom. The second-order valence-electron chi connectivity index (χ2n) is 9.52. The van der Waals surface area contributed by atoms with Gasteiger partial charge in [-0.3, -0.25) is 10.0 Å². The van der Waals surface area contributed by atoms with Crippen LogP contribution in [0.5, 0.6) is 5.75 Å². The van der Waals surface area contributed by atoms with Crippen LogP contribution in [-0.2, 0) is 25.9 Å². The predicted octanol–water partition coefficient (Wildman–Crippen LogP) is 1.30. The maximum absolute atomic E-state index is 13.6. The summed E-state index contributed by atoms with van der Waals surface area (Å²) in [6.07, 6.45) is 0.773. The predicted molar refractivity (Wildman–Crippen MR) is 141 cm³/mol. The number of aromatic amines is 1. The molecule has 1 aromatic heterocycles. The smallest absolute Gasteiger partial charge is 0.339 e. The van der Waals surface area contributed by atoms with Crippen molar-refractivity contribution in [1.82, 2.24) is 25.8 Å². The molecular formula is C26H35N6O6S+. The highest BCUT2D eigenvalue weighted by atomic mass is 32.2. The van der Waals surface area contributed by atoms with Gasteiger partial charge in [0.15, 0.2) is 14.6 Å². The van der Waals surface area contributed by atoms with Crippen molar-refractivity contribution in [2.75, 3.05) is 40.0 Å². The molecule has 1 saturated heterocycles. The minimum Gasteiger partial charge on any atom is -0.493 e. The van der Waals surface area contributed by atoms with Crippen molar-refractivity contribution in [2.45, 2.75) is 42.4 Å². The second kappa shape index (κ2) is 12.6. The van der Waals surface area contributed by atoms with Crippen molar-refractivity contribution in [3.05, 3.63) is 54.1 Å². The normalized spacial score (nSPS) is 15.7. The highest BCUT2D eigenvalue weighted by Gasteiger charge is 2.52. The summed E-state index contributed by atoms with van der Waals surface area (Å²) in [6.45, 7) is 4.90. The van der Waals surface area contributed by atoms with Gasteiger partial charge in [0.2, 0.25) is 0 Å². The number of nitrogens with one attached hydrogen (secondary N) is 2. The van der Waals surface area contributed by atoms with Crippen molar-refractivity contribution < 1.29 is 32.7 Å². The number of aryl methyl sites for hydroxylation is 2. The first kappa shape index (κ1) is 28.6. The lowest BCUT2D eigenvalue weighted by Crippen LogP contribution is -2.57. The number of piperidine rings is 1. The van der Waals surface area contributed by atoms with E-state index in [0.29, 0.717) is 57.4 Å². The summed E-state index contributed by atoms with van der Waals surface area (Å²) in [5.41, 5.74) is 3.64. The number of rotatable bonds is 12. The largest absolute Gasteiger partial charge is 0.493 e. The Hall–Kier alpha value is -3.39. The number of tetrazole rings is 1. The molecule has 39 heavy (non-hydrogen) atoms. The maximum atomic E-state index is 13.6. The van der Waals surface area contributed by atoms with Gasteiger partial charge in [0, 0.05) is 33.2 Å². The number of ether oxygens (including phenoxy) is 2. The van der Waals surface area contributed by atoms with Gasteiger partial charge in [-0.05, 0) is 66.0 Å². The van der Waals surface area contributed by atoms with E-state index in [9.17, 15) is 18.4 Å². The monoisotopic (exact) mass is 559 g/mol. The molecule has 0 aliphatic carbocycles. The lowest BCUT2D eigenvalue weighted by Gasteiger charge is -2.39. The van der Waals surface area contributed by atoms with E-state index < -0.39 is 20.5 Å². The van der Waals surface area contributed by atoms with E-state index in [0.717, 1.165) is 11.1 Å². The van der Waals surface area contributed by atoms with Crippen LogP contribution >= 0.6 is 0 Å². The zero-order valence-electron chi connectivity index (χ0n) is 22.2. The van der Waals surface area contributed by atoms with Crippen LogP contribution in [0.1, 0.15) is 24.8 Å². The van der Waals surface area contributed by atoms with Crippen molar-refractivity contribution in [1.29, 1.82) is 0 Å². The molecule has 0 saturated carbocycles. The van der Waals surface area contributed by atoms with E-state index >= 15 is 0 Å². The minimum atomic E-state index is -4.09. The molecule has 1 aliphatic rings. The van der Waals surface area contributed by atoms with E-state index in [1.807, 2.05) is 36.1 Å². The Bertz CT molecular complexity index is 1350. The number of hydroxylamine groups is 1. The number of sulfone groups is 1. The summed E-state index contributed by atoms with van der Waals surface area (Å²) in [4.78, 5) is 16.4. The number of carbonyl (C=O) groups excluding carboxylic acids is 1. The first-order valence-corrected chi connectivity index (χ1v) is 14.3. The summed E-state index contributed by atoms with van der Waals surface area (Å²) >= 11 is 0. The number of hydrogen-bond donors (Lipinski definition) is 3. The number of aromatic nitrogens is 4. The fraction of sp³-hybridized carbons (Fsp3) is 0.462. The third-order valence-corrected chi connectivity index (χ3v) is 9.61. The fourth-order valence-corrected chi connectivity index (χ4v) is 6.68. The van der Waals surface area contributed by atoms with Crippen LogP contribution in [0.2, 0.25) is 0 Å². The molecule has 2 heterocycles. The van der Waals surface area contributed by atoms with Crippen molar-refractivity contribution in [3.8, 4) is 17.1 Å². The van der Waals surface area contributed by atoms with E-state index in [2.05, 4.69) is 15.4 Å². The van der Waals surface area contributed by atoms with Gasteiger partial charge in [0.05, 0.1) is 28.8 Å². The zero-order chi connectivity index (χ0) is 27.9. The Kier molecular flexibility index (Phi) is 9.28. The molecule has 13 heteroatoms. The van der Waals surface area contributed by atoms with Crippen molar-refractivity contribution in [2.24, 2.45) is 0 Å². The Balaban J connectivity index is 1.34. The van der Waals surface area contributed by atoms with Crippen LogP contribution in [-0.4, -0.2) is 84.5 Å². The molecule has 12 nitrogen and oxygen atoms in total. The second-order valence-corrected chi connectivity index (χ2v) is 11.8. The third-order valence-electron chi connectivity index (χ3n) is 7.09. The minimum absolute atomic E-state index is 0.00439. The van der Waals surface area contributed by atoms with Gasteiger partial charge in [0.1, 0.15) is 12.3 Å². The quantitative estimate of drug-likeness (QED) is 0.129. The van der Waals surface area contributed by atoms with Crippen LogP contribution in [0.25, 0.3) is 11.4 Å². The molecule has 2 aromatic carbocycles. The van der Waals surface area contributed by atoms with Crippen molar-refractivity contribution >= 4 is 15.7 Å². The zero-order valence-corrected chi connectivity index (χ0v) is 23.0. The van der Waals surface area contributed by atoms with Gasteiger partial charge in [-0.15, -0.1) is 0 Å². The SMILES string of the molecule is COCCN1CCC(C(=O)NO)(S(=O)(=O)c2ccc(OCCC[n+]3nc(-c4ccccc4C)n[nH]3)cc2)CC1. The number of hydrogen-bond acceptors (Lipinski definition) is 9. The molecule has 0 radical (unpaired) electrons. The van der Waals surface area contributed by atoms with Gasteiger partial charge >= 0.3 is 5.82 Å². The molecule has 0 spiro atoms. The highest BCUT2D eigenvalue weighted by molar-refractivity contribution is 7.93. The van der Waals surface area contributed by atoms with Gasteiger partial charge < -0.3 is 14.4 Å². The molecule has 3 aromatic rings. The van der Waals surface area contributed by atoms with Crippen LogP contribution in [0.4, 0.5) is 0 Å². The van der Waals surface area contributed by atoms with E-state index in [4.69, 9.17) is 9.47 Å². The lowest BCUT2D eigenvalue weighted by atomic mass is 9.95. The number of methoxy groups -OCH3 is 1. The summed E-state index contributed by atoms with van der Waals surface area (Å²) in [7, 11) is -2.49. The molecule has 0 unspecified atom stereocenters. The molecule has 4 rings (SSSR count). The summed E-state index contributed by atoms with van der Waals surface area (Å²) in [5.74, 6) is 0.219. The number of amides is 1. The molecule has 1 amide bonds. The number of likely N-dealkylation sites (tertiary alicyclic amines) is 1. The van der Waals surface area contributed by atoms with Crippen LogP contribution < -0.4 is 15.0 Å². The molecule has 210 valence electrons. The maximum Gasteiger partial charge on any atom is 0.339 e. The van der Waals surface area contributed by atoms with Crippen LogP contribution in [0, 0.1) is 6.92 Å². The third kappa shape index (κ3) is 6.27. The van der Waals surface area contributed by atoms with Crippen molar-refractivity contribution in [3.63, 3.8) is 0 Å². The van der Waals surface area contributed by atoms with Gasteiger partial charge in [-0.25, -0.2) is 13.9 Å². The average Bonchev–Trinajstić information content (AvgIpc) is 3.43. The topological polar surface area (TPSA) is 151 Å². The molecule has 1 fully saturated rings. The number of benzene rings is 2. The Morgan fingerprint density at radius 1 is 1.15 bits per heavy atom. The van der Waals surface area contributed by atoms with E-state index in [1.165, 1.54) is 12.1 Å². The molecule has 3 N–H and O–H groups in total. The van der Waals surface area contributed by atoms with E-state index in [1.54, 1.807) is 29.5 Å². The molecular weight excluding hydrogens is 524 g/mol. The molecule has 0 atom stereocenters. The van der Waals surface area contributed by atoms with Gasteiger partial charge in [-0.2, -0.15) is 0 Å². The average molecular weight is 560 g/mol. The number of carbonyl (C=O) groups is 1. The standard InChI is InChI=1S/C26H34N6O6S/c1-20-6-3-4-7-23(20)24-27-30-32(28-24)14-5-18-38-21-8-10-22(11-9-21)39(35,36)26(25(33)29-34)12-15-31(16-13-26)17-19-37-2/h3-4,6-11H,5,12-19H2,1-2H3,(H2,27,28,29,30,33,34)/p+1. The molecule has 0 bridgehead atoms. The number of H-pyrrole nitrogens is 1. The van der Waals surface area contributed by atoms with Gasteiger partial charge in [-0.1, -0.05) is 23.0 Å². The first-order valence-electron chi connectivity index (χ1n) is 12.8. The Labute approximate surface area is 227 Å². The Morgan fingerprint density at radius 2 is 1.87 bits per heavy atom. The summed E-state index contributed by atoms with van der Waals surface area (Å²) in [5, 5.41) is 21.0. The summed E-state index contributed by atoms with van der Waals surface area (Å²) < 4.78 is 36.3. The van der Waals surface area contributed by atoms with Crippen LogP contribution in [0.3, 0.4) is 0 Å². The van der Waals surface area contributed by atoms with E-state index in [-0.39, 0.29) is 17.7 Å². The highest BCUT2D eigenvalue weighted by Crippen LogP contribution is 2.36. The fourth-order valence-electron chi connectivity index (χ4n) is 4.72. The first-order chi connectivity index (χ1) is 18.8. The lowest BCUT2D eigenvalue weighted by molar-refractivity contribution is -0.805.